The van der Waals surface area contributed by atoms with Gasteiger partial charge in [0.15, 0.2) is 6.10 Å². The normalized spacial score (nSPS) is 31.8. The molecule has 2 aliphatic rings. The molecule has 0 aromatic heterocycles. The number of hydrogen-bond acceptors (Lipinski definition) is 3. The van der Waals surface area contributed by atoms with E-state index in [-0.39, 0.29) is 11.9 Å². The Hall–Kier alpha value is -1.88. The summed E-state index contributed by atoms with van der Waals surface area (Å²) in [4.78, 5) is 22.8. The number of benzene rings is 1. The minimum atomic E-state index is -0.992. The number of carboxylic acids is 1. The van der Waals surface area contributed by atoms with Crippen LogP contribution in [0.1, 0.15) is 30.7 Å². The van der Waals surface area contributed by atoms with Crippen LogP contribution in [0.15, 0.2) is 30.3 Å². The number of carbonyl (C=O) groups excluding carboxylic acids is 1. The van der Waals surface area contributed by atoms with E-state index >= 15 is 0 Å². The third-order valence-electron chi connectivity index (χ3n) is 3.93. The Morgan fingerprint density at radius 1 is 1.15 bits per heavy atom. The molecule has 5 heteroatoms. The summed E-state index contributed by atoms with van der Waals surface area (Å²) >= 11 is 0. The fourth-order valence-corrected chi connectivity index (χ4v) is 2.71. The first-order valence-electron chi connectivity index (χ1n) is 6.88. The van der Waals surface area contributed by atoms with Crippen LogP contribution < -0.4 is 5.32 Å². The number of aliphatic carboxylic acids is 1. The van der Waals surface area contributed by atoms with E-state index in [9.17, 15) is 9.59 Å². The molecule has 1 heterocycles. The molecule has 1 aliphatic heterocycles. The molecule has 0 radical (unpaired) electrons. The quantitative estimate of drug-likeness (QED) is 0.868. The Labute approximate surface area is 116 Å². The van der Waals surface area contributed by atoms with Gasteiger partial charge in [-0.3, -0.25) is 4.79 Å². The highest BCUT2D eigenvalue weighted by Gasteiger charge is 2.42. The Kier molecular flexibility index (Phi) is 3.44. The maximum atomic E-state index is 12.0. The predicted octanol–water partition coefficient (Wildman–Crippen LogP) is 1.29. The number of carbonyl (C=O) groups is 2. The zero-order valence-corrected chi connectivity index (χ0v) is 11.0. The fourth-order valence-electron chi connectivity index (χ4n) is 2.71. The standard InChI is InChI=1S/C15H17NO4/c17-14(12-6-7-13(20-12)15(18)19)16-11-8-10(11)9-4-2-1-3-5-9/h1-5,10-13H,6-8H2,(H,16,17)(H,18,19). The molecule has 5 nitrogen and oxygen atoms in total. The van der Waals surface area contributed by atoms with Crippen LogP contribution in [0.5, 0.6) is 0 Å². The number of hydrogen-bond donors (Lipinski definition) is 2. The van der Waals surface area contributed by atoms with Gasteiger partial charge in [0.05, 0.1) is 0 Å². The molecule has 20 heavy (non-hydrogen) atoms. The summed E-state index contributed by atoms with van der Waals surface area (Å²) in [6, 6.07) is 10.2. The summed E-state index contributed by atoms with van der Waals surface area (Å²) in [5.41, 5.74) is 1.23. The molecule has 4 unspecified atom stereocenters. The van der Waals surface area contributed by atoms with Crippen LogP contribution in [-0.4, -0.2) is 35.2 Å². The fraction of sp³-hybridized carbons (Fsp3) is 0.467. The second-order valence-electron chi connectivity index (χ2n) is 5.40. The van der Waals surface area contributed by atoms with Crippen molar-refractivity contribution in [2.75, 3.05) is 0 Å². The van der Waals surface area contributed by atoms with Gasteiger partial charge in [0, 0.05) is 12.0 Å². The van der Waals surface area contributed by atoms with Crippen molar-refractivity contribution in [3.8, 4) is 0 Å². The van der Waals surface area contributed by atoms with Gasteiger partial charge in [-0.05, 0) is 24.8 Å². The van der Waals surface area contributed by atoms with Crippen molar-refractivity contribution < 1.29 is 19.4 Å². The summed E-state index contributed by atoms with van der Waals surface area (Å²) in [5, 5.41) is 11.8. The molecule has 2 fully saturated rings. The Morgan fingerprint density at radius 2 is 1.85 bits per heavy atom. The summed E-state index contributed by atoms with van der Waals surface area (Å²) in [7, 11) is 0. The van der Waals surface area contributed by atoms with Crippen molar-refractivity contribution in [3.05, 3.63) is 35.9 Å². The van der Waals surface area contributed by atoms with Gasteiger partial charge < -0.3 is 15.2 Å². The summed E-state index contributed by atoms with van der Waals surface area (Å²) < 4.78 is 5.24. The van der Waals surface area contributed by atoms with Crippen molar-refractivity contribution in [2.24, 2.45) is 0 Å². The molecule has 1 saturated carbocycles. The zero-order valence-electron chi connectivity index (χ0n) is 11.0. The molecule has 1 amide bonds. The number of carboxylic acid groups (broad SMARTS) is 1. The number of amides is 1. The van der Waals surface area contributed by atoms with E-state index in [4.69, 9.17) is 9.84 Å². The Balaban J connectivity index is 1.51. The van der Waals surface area contributed by atoms with Gasteiger partial charge in [-0.25, -0.2) is 4.79 Å². The van der Waals surface area contributed by atoms with Crippen molar-refractivity contribution in [3.63, 3.8) is 0 Å². The van der Waals surface area contributed by atoms with Crippen molar-refractivity contribution >= 4 is 11.9 Å². The van der Waals surface area contributed by atoms with E-state index in [1.54, 1.807) is 0 Å². The van der Waals surface area contributed by atoms with Crippen molar-refractivity contribution in [2.45, 2.75) is 43.4 Å². The van der Waals surface area contributed by atoms with E-state index < -0.39 is 18.2 Å². The van der Waals surface area contributed by atoms with Crippen molar-refractivity contribution in [1.29, 1.82) is 0 Å². The SMILES string of the molecule is O=C(O)C1CCC(C(=O)NC2CC2c2ccccc2)O1. The average Bonchev–Trinajstić information content (AvgIpc) is 3.02. The molecule has 0 bridgehead atoms. The highest BCUT2D eigenvalue weighted by atomic mass is 16.5. The van der Waals surface area contributed by atoms with E-state index in [1.165, 1.54) is 5.56 Å². The number of rotatable bonds is 4. The lowest BCUT2D eigenvalue weighted by Gasteiger charge is -2.11. The van der Waals surface area contributed by atoms with Gasteiger partial charge in [0.2, 0.25) is 5.91 Å². The van der Waals surface area contributed by atoms with E-state index in [1.807, 2.05) is 18.2 Å². The largest absolute Gasteiger partial charge is 0.479 e. The number of nitrogens with one attached hydrogen (secondary N) is 1. The van der Waals surface area contributed by atoms with Crippen LogP contribution in [0.2, 0.25) is 0 Å². The first kappa shape index (κ1) is 13.1. The highest BCUT2D eigenvalue weighted by molar-refractivity contribution is 5.83. The maximum absolute atomic E-state index is 12.0. The van der Waals surface area contributed by atoms with E-state index in [0.717, 1.165) is 6.42 Å². The molecule has 1 aromatic rings. The molecule has 2 N–H and O–H groups in total. The van der Waals surface area contributed by atoms with Gasteiger partial charge in [-0.15, -0.1) is 0 Å². The third kappa shape index (κ3) is 2.67. The summed E-state index contributed by atoms with van der Waals surface area (Å²) in [6.07, 6.45) is 0.360. The molecule has 3 rings (SSSR count). The molecule has 106 valence electrons. The zero-order chi connectivity index (χ0) is 14.1. The van der Waals surface area contributed by atoms with E-state index in [2.05, 4.69) is 17.4 Å². The van der Waals surface area contributed by atoms with Crippen LogP contribution in [0.3, 0.4) is 0 Å². The van der Waals surface area contributed by atoms with Gasteiger partial charge in [0.25, 0.3) is 0 Å². The second-order valence-corrected chi connectivity index (χ2v) is 5.40. The Morgan fingerprint density at radius 3 is 2.50 bits per heavy atom. The molecule has 4 atom stereocenters. The van der Waals surface area contributed by atoms with E-state index in [0.29, 0.717) is 18.8 Å². The molecule has 1 saturated heterocycles. The predicted molar refractivity (Wildman–Crippen MR) is 71.3 cm³/mol. The van der Waals surface area contributed by atoms with Gasteiger partial charge in [-0.1, -0.05) is 30.3 Å². The molecule has 1 aromatic carbocycles. The van der Waals surface area contributed by atoms with Crippen molar-refractivity contribution in [1.82, 2.24) is 5.32 Å². The highest BCUT2D eigenvalue weighted by Crippen LogP contribution is 2.40. The van der Waals surface area contributed by atoms with Crippen LogP contribution in [-0.2, 0) is 14.3 Å². The lowest BCUT2D eigenvalue weighted by molar-refractivity contribution is -0.151. The lowest BCUT2D eigenvalue weighted by atomic mass is 10.1. The monoisotopic (exact) mass is 275 g/mol. The first-order chi connectivity index (χ1) is 9.65. The molecular weight excluding hydrogens is 258 g/mol. The average molecular weight is 275 g/mol. The number of ether oxygens (including phenoxy) is 1. The van der Waals surface area contributed by atoms with Crippen LogP contribution in [0, 0.1) is 0 Å². The molecular formula is C15H17NO4. The Bertz CT molecular complexity index is 516. The molecule has 0 spiro atoms. The maximum Gasteiger partial charge on any atom is 0.332 e. The van der Waals surface area contributed by atoms with Crippen LogP contribution in [0.4, 0.5) is 0 Å². The minimum absolute atomic E-state index is 0.150. The summed E-state index contributed by atoms with van der Waals surface area (Å²) in [5.74, 6) is -0.803. The van der Waals surface area contributed by atoms with Gasteiger partial charge >= 0.3 is 5.97 Å². The second kappa shape index (κ2) is 5.25. The summed E-state index contributed by atoms with van der Waals surface area (Å²) in [6.45, 7) is 0. The minimum Gasteiger partial charge on any atom is -0.479 e. The lowest BCUT2D eigenvalue weighted by Crippen LogP contribution is -2.37. The smallest absolute Gasteiger partial charge is 0.332 e. The third-order valence-corrected chi connectivity index (χ3v) is 3.93. The van der Waals surface area contributed by atoms with Crippen LogP contribution >= 0.6 is 0 Å². The molecule has 1 aliphatic carbocycles. The van der Waals surface area contributed by atoms with Crippen LogP contribution in [0.25, 0.3) is 0 Å². The van der Waals surface area contributed by atoms with Gasteiger partial charge in [-0.2, -0.15) is 0 Å². The first-order valence-corrected chi connectivity index (χ1v) is 6.88. The topological polar surface area (TPSA) is 75.6 Å². The van der Waals surface area contributed by atoms with Gasteiger partial charge in [0.1, 0.15) is 6.10 Å².